The minimum absolute atomic E-state index is 0.00575. The smallest absolute Gasteiger partial charge is 0.416 e. The summed E-state index contributed by atoms with van der Waals surface area (Å²) in [4.78, 5) is 12.6. The van der Waals surface area contributed by atoms with Crippen molar-refractivity contribution in [3.63, 3.8) is 0 Å². The lowest BCUT2D eigenvalue weighted by Gasteiger charge is -2.26. The van der Waals surface area contributed by atoms with Gasteiger partial charge in [0.1, 0.15) is 17.2 Å². The molecular formula is C23H20BrF3N2O4S. The Hall–Kier alpha value is -3.05. The van der Waals surface area contributed by atoms with Gasteiger partial charge >= 0.3 is 6.18 Å². The number of ether oxygens (including phenoxy) is 1. The van der Waals surface area contributed by atoms with E-state index in [0.29, 0.717) is 26.1 Å². The standard InChI is InChI=1S/C23H20BrF3N2O4S/c1-15-10-11-20(33-2)21(12-15)34(31,32)29(17-7-5-6-16(13-17)23(25,26)27)14-22(30)28-19-9-4-3-8-18(19)24/h3-13H,14H2,1-2H3,(H,28,30). The van der Waals surface area contributed by atoms with Crippen molar-refractivity contribution < 1.29 is 31.1 Å². The molecule has 34 heavy (non-hydrogen) atoms. The van der Waals surface area contributed by atoms with Crippen molar-refractivity contribution in [2.75, 3.05) is 23.3 Å². The van der Waals surface area contributed by atoms with Gasteiger partial charge in [-0.3, -0.25) is 9.10 Å². The fourth-order valence-corrected chi connectivity index (χ4v) is 5.18. The summed E-state index contributed by atoms with van der Waals surface area (Å²) in [6.45, 7) is 0.884. The summed E-state index contributed by atoms with van der Waals surface area (Å²) in [7, 11) is -3.23. The first kappa shape index (κ1) is 25.6. The summed E-state index contributed by atoms with van der Waals surface area (Å²) in [6, 6.07) is 14.8. The average Bonchev–Trinajstić information content (AvgIpc) is 2.78. The van der Waals surface area contributed by atoms with Gasteiger partial charge in [-0.25, -0.2) is 8.42 Å². The molecule has 0 unspecified atom stereocenters. The first-order valence-electron chi connectivity index (χ1n) is 9.82. The molecule has 3 aromatic rings. The van der Waals surface area contributed by atoms with Crippen molar-refractivity contribution in [2.24, 2.45) is 0 Å². The largest absolute Gasteiger partial charge is 0.495 e. The van der Waals surface area contributed by atoms with Gasteiger partial charge in [-0.1, -0.05) is 24.3 Å². The van der Waals surface area contributed by atoms with Gasteiger partial charge in [-0.2, -0.15) is 13.2 Å². The van der Waals surface area contributed by atoms with Gasteiger partial charge in [-0.15, -0.1) is 0 Å². The predicted molar refractivity (Wildman–Crippen MR) is 126 cm³/mol. The topological polar surface area (TPSA) is 75.7 Å². The Labute approximate surface area is 203 Å². The third-order valence-electron chi connectivity index (χ3n) is 4.78. The van der Waals surface area contributed by atoms with Crippen LogP contribution in [0.4, 0.5) is 24.5 Å². The van der Waals surface area contributed by atoms with E-state index in [9.17, 15) is 26.4 Å². The van der Waals surface area contributed by atoms with Gasteiger partial charge in [-0.05, 0) is 70.9 Å². The number of para-hydroxylation sites is 1. The zero-order valence-electron chi connectivity index (χ0n) is 18.1. The molecule has 0 aliphatic heterocycles. The van der Waals surface area contributed by atoms with Crippen LogP contribution < -0.4 is 14.4 Å². The number of hydrogen-bond acceptors (Lipinski definition) is 4. The zero-order valence-corrected chi connectivity index (χ0v) is 20.5. The molecule has 0 saturated heterocycles. The van der Waals surface area contributed by atoms with Gasteiger partial charge in [0.25, 0.3) is 10.0 Å². The molecule has 0 heterocycles. The van der Waals surface area contributed by atoms with Crippen LogP contribution in [0, 0.1) is 6.92 Å². The lowest BCUT2D eigenvalue weighted by molar-refractivity contribution is -0.137. The van der Waals surface area contributed by atoms with E-state index in [-0.39, 0.29) is 16.3 Å². The molecule has 0 radical (unpaired) electrons. The fourth-order valence-electron chi connectivity index (χ4n) is 3.14. The fraction of sp³-hybridized carbons (Fsp3) is 0.174. The number of nitrogens with one attached hydrogen (secondary N) is 1. The number of hydrogen-bond donors (Lipinski definition) is 1. The zero-order chi connectivity index (χ0) is 25.1. The summed E-state index contributed by atoms with van der Waals surface area (Å²) < 4.78 is 73.7. The molecule has 1 amide bonds. The molecule has 3 rings (SSSR count). The number of aryl methyl sites for hydroxylation is 1. The first-order chi connectivity index (χ1) is 15.9. The van der Waals surface area contributed by atoms with Gasteiger partial charge in [0.15, 0.2) is 0 Å². The van der Waals surface area contributed by atoms with E-state index in [1.807, 2.05) is 0 Å². The van der Waals surface area contributed by atoms with Crippen molar-refractivity contribution in [2.45, 2.75) is 18.0 Å². The second-order valence-corrected chi connectivity index (χ2v) is 9.93. The van der Waals surface area contributed by atoms with Crippen LogP contribution in [0.3, 0.4) is 0 Å². The second-order valence-electron chi connectivity index (χ2n) is 7.24. The molecule has 11 heteroatoms. The maximum absolute atomic E-state index is 13.7. The Balaban J connectivity index is 2.10. The van der Waals surface area contributed by atoms with Crippen molar-refractivity contribution >= 4 is 43.2 Å². The van der Waals surface area contributed by atoms with Crippen LogP contribution in [0.15, 0.2) is 76.1 Å². The van der Waals surface area contributed by atoms with Crippen LogP contribution in [0.5, 0.6) is 5.75 Å². The third-order valence-corrected chi connectivity index (χ3v) is 7.27. The molecule has 3 aromatic carbocycles. The highest BCUT2D eigenvalue weighted by atomic mass is 79.9. The number of benzene rings is 3. The number of carbonyl (C=O) groups is 1. The van der Waals surface area contributed by atoms with Gasteiger partial charge in [0.2, 0.25) is 5.91 Å². The predicted octanol–water partition coefficient (Wildman–Crippen LogP) is 5.62. The number of halogens is 4. The molecule has 0 fully saturated rings. The van der Waals surface area contributed by atoms with Gasteiger partial charge in [0.05, 0.1) is 24.0 Å². The number of methoxy groups -OCH3 is 1. The molecule has 0 spiro atoms. The number of alkyl halides is 3. The minimum Gasteiger partial charge on any atom is -0.495 e. The maximum atomic E-state index is 13.7. The van der Waals surface area contributed by atoms with Crippen molar-refractivity contribution in [3.05, 3.63) is 82.3 Å². The van der Waals surface area contributed by atoms with Gasteiger partial charge < -0.3 is 10.1 Å². The highest BCUT2D eigenvalue weighted by Gasteiger charge is 2.34. The van der Waals surface area contributed by atoms with E-state index in [2.05, 4.69) is 21.2 Å². The van der Waals surface area contributed by atoms with E-state index in [1.54, 1.807) is 37.3 Å². The van der Waals surface area contributed by atoms with Crippen LogP contribution in [0.2, 0.25) is 0 Å². The molecule has 6 nitrogen and oxygen atoms in total. The Morgan fingerprint density at radius 3 is 2.41 bits per heavy atom. The number of rotatable bonds is 7. The Bertz CT molecular complexity index is 1310. The molecule has 0 aliphatic carbocycles. The van der Waals surface area contributed by atoms with Crippen molar-refractivity contribution in [1.29, 1.82) is 0 Å². The highest BCUT2D eigenvalue weighted by molar-refractivity contribution is 9.10. The van der Waals surface area contributed by atoms with E-state index in [1.165, 1.54) is 25.3 Å². The summed E-state index contributed by atoms with van der Waals surface area (Å²) in [5.74, 6) is -0.756. The summed E-state index contributed by atoms with van der Waals surface area (Å²) >= 11 is 3.28. The van der Waals surface area contributed by atoms with Gasteiger partial charge in [0, 0.05) is 4.47 Å². The molecule has 180 valence electrons. The maximum Gasteiger partial charge on any atom is 0.416 e. The first-order valence-corrected chi connectivity index (χ1v) is 12.1. The average molecular weight is 557 g/mol. The van der Waals surface area contributed by atoms with Crippen molar-refractivity contribution in [3.8, 4) is 5.75 Å². The van der Waals surface area contributed by atoms with Crippen LogP contribution >= 0.6 is 15.9 Å². The van der Waals surface area contributed by atoms with Crippen LogP contribution in [0.25, 0.3) is 0 Å². The van der Waals surface area contributed by atoms with Crippen LogP contribution in [-0.4, -0.2) is 28.0 Å². The third kappa shape index (κ3) is 5.71. The Morgan fingerprint density at radius 2 is 1.76 bits per heavy atom. The van der Waals surface area contributed by atoms with Crippen LogP contribution in [-0.2, 0) is 21.0 Å². The number of anilines is 2. The molecule has 0 bridgehead atoms. The number of sulfonamides is 1. The number of carbonyl (C=O) groups excluding carboxylic acids is 1. The number of nitrogens with zero attached hydrogens (tertiary/aromatic N) is 1. The molecule has 0 aromatic heterocycles. The summed E-state index contributed by atoms with van der Waals surface area (Å²) in [5, 5.41) is 2.57. The minimum atomic E-state index is -4.70. The monoisotopic (exact) mass is 556 g/mol. The lowest BCUT2D eigenvalue weighted by Crippen LogP contribution is -2.38. The summed E-state index contributed by atoms with van der Waals surface area (Å²) in [6.07, 6.45) is -4.70. The lowest BCUT2D eigenvalue weighted by atomic mass is 10.2. The number of amides is 1. The SMILES string of the molecule is COc1ccc(C)cc1S(=O)(=O)N(CC(=O)Nc1ccccc1Br)c1cccc(C(F)(F)F)c1. The highest BCUT2D eigenvalue weighted by Crippen LogP contribution is 2.35. The van der Waals surface area contributed by atoms with Crippen molar-refractivity contribution in [1.82, 2.24) is 0 Å². The molecular weight excluding hydrogens is 537 g/mol. The Morgan fingerprint density at radius 1 is 1.06 bits per heavy atom. The van der Waals surface area contributed by atoms with E-state index >= 15 is 0 Å². The molecule has 0 aliphatic rings. The Kier molecular flexibility index (Phi) is 7.57. The molecule has 0 atom stereocenters. The second kappa shape index (κ2) is 10.1. The van der Waals surface area contributed by atoms with Crippen LogP contribution in [0.1, 0.15) is 11.1 Å². The summed E-state index contributed by atoms with van der Waals surface area (Å²) in [5.41, 5.74) is -0.406. The van der Waals surface area contributed by atoms with E-state index < -0.39 is 34.2 Å². The normalized spacial score (nSPS) is 11.7. The quantitative estimate of drug-likeness (QED) is 0.410. The van der Waals surface area contributed by atoms with E-state index in [0.717, 1.165) is 12.1 Å². The van der Waals surface area contributed by atoms with E-state index in [4.69, 9.17) is 4.74 Å². The molecule has 1 N–H and O–H groups in total. The molecule has 0 saturated carbocycles.